The zero-order valence-corrected chi connectivity index (χ0v) is 18.8. The van der Waals surface area contributed by atoms with Gasteiger partial charge in [0.25, 0.3) is 11.8 Å². The molecule has 1 heterocycles. The van der Waals surface area contributed by atoms with Crippen molar-refractivity contribution in [2.45, 2.75) is 51.5 Å². The third-order valence-corrected chi connectivity index (χ3v) is 6.20. The summed E-state index contributed by atoms with van der Waals surface area (Å²) in [5.41, 5.74) is 2.38. The SMILES string of the molecule is CCN(CC)c1ccc2cc(C(=O)NC3(C(=O)N(C)NC)CCCCC3)c(=O)oc2c1. The number of hydrazine groups is 1. The molecule has 2 amide bonds. The minimum atomic E-state index is -1.03. The Bertz CT molecular complexity index is 1010. The highest BCUT2D eigenvalue weighted by molar-refractivity contribution is 6.00. The summed E-state index contributed by atoms with van der Waals surface area (Å²) in [6, 6.07) is 7.16. The van der Waals surface area contributed by atoms with Crippen LogP contribution in [0.1, 0.15) is 56.3 Å². The number of likely N-dealkylation sites (N-methyl/N-ethyl adjacent to an activating group) is 1. The second-order valence-electron chi connectivity index (χ2n) is 8.03. The van der Waals surface area contributed by atoms with Gasteiger partial charge in [-0.3, -0.25) is 14.6 Å². The van der Waals surface area contributed by atoms with Crippen LogP contribution in [-0.2, 0) is 4.79 Å². The Hall–Kier alpha value is -2.87. The number of amides is 2. The van der Waals surface area contributed by atoms with Gasteiger partial charge in [0.05, 0.1) is 0 Å². The van der Waals surface area contributed by atoms with Crippen LogP contribution < -0.4 is 21.3 Å². The summed E-state index contributed by atoms with van der Waals surface area (Å²) in [7, 11) is 3.28. The fraction of sp³-hybridized carbons (Fsp3) is 0.522. The molecule has 3 rings (SSSR count). The van der Waals surface area contributed by atoms with Crippen LogP contribution in [0.3, 0.4) is 0 Å². The smallest absolute Gasteiger partial charge is 0.349 e. The molecule has 1 aliphatic carbocycles. The van der Waals surface area contributed by atoms with E-state index in [9.17, 15) is 14.4 Å². The molecule has 1 aromatic carbocycles. The molecule has 8 nitrogen and oxygen atoms in total. The van der Waals surface area contributed by atoms with Crippen LogP contribution >= 0.6 is 0 Å². The van der Waals surface area contributed by atoms with Crippen molar-refractivity contribution < 1.29 is 14.0 Å². The molecular weight excluding hydrogens is 396 g/mol. The molecule has 8 heteroatoms. The number of benzene rings is 1. The van der Waals surface area contributed by atoms with Gasteiger partial charge in [-0.1, -0.05) is 19.3 Å². The summed E-state index contributed by atoms with van der Waals surface area (Å²) in [5.74, 6) is -0.791. The van der Waals surface area contributed by atoms with Gasteiger partial charge < -0.3 is 14.6 Å². The number of nitrogens with zero attached hydrogens (tertiary/aromatic N) is 2. The van der Waals surface area contributed by atoms with E-state index in [4.69, 9.17) is 4.42 Å². The van der Waals surface area contributed by atoms with Crippen LogP contribution in [0.2, 0.25) is 0 Å². The number of hydrogen-bond donors (Lipinski definition) is 2. The number of fused-ring (bicyclic) bond motifs is 1. The molecule has 2 N–H and O–H groups in total. The van der Waals surface area contributed by atoms with Crippen molar-refractivity contribution in [2.24, 2.45) is 0 Å². The molecule has 0 bridgehead atoms. The zero-order chi connectivity index (χ0) is 22.6. The minimum Gasteiger partial charge on any atom is -0.422 e. The van der Waals surface area contributed by atoms with Gasteiger partial charge in [-0.05, 0) is 44.9 Å². The van der Waals surface area contributed by atoms with Gasteiger partial charge in [-0.25, -0.2) is 10.2 Å². The molecule has 1 aliphatic rings. The third-order valence-electron chi connectivity index (χ3n) is 6.20. The van der Waals surface area contributed by atoms with E-state index in [2.05, 4.69) is 29.5 Å². The predicted molar refractivity (Wildman–Crippen MR) is 121 cm³/mol. The van der Waals surface area contributed by atoms with Crippen LogP contribution in [0.5, 0.6) is 0 Å². The van der Waals surface area contributed by atoms with Gasteiger partial charge in [0.15, 0.2) is 0 Å². The monoisotopic (exact) mass is 428 g/mol. The highest BCUT2D eigenvalue weighted by atomic mass is 16.4. The quantitative estimate of drug-likeness (QED) is 0.520. The van der Waals surface area contributed by atoms with Gasteiger partial charge in [-0.2, -0.15) is 0 Å². The molecule has 0 spiro atoms. The summed E-state index contributed by atoms with van der Waals surface area (Å²) < 4.78 is 5.49. The number of hydrogen-bond acceptors (Lipinski definition) is 6. The molecule has 0 aliphatic heterocycles. The summed E-state index contributed by atoms with van der Waals surface area (Å²) in [4.78, 5) is 40.9. The average molecular weight is 429 g/mol. The van der Waals surface area contributed by atoms with Crippen LogP contribution in [0.4, 0.5) is 5.69 Å². The molecule has 1 saturated carbocycles. The van der Waals surface area contributed by atoms with Crippen molar-refractivity contribution in [2.75, 3.05) is 32.1 Å². The van der Waals surface area contributed by atoms with Crippen LogP contribution in [0.15, 0.2) is 33.5 Å². The van der Waals surface area contributed by atoms with Crippen LogP contribution in [-0.4, -0.2) is 49.5 Å². The first-order valence-electron chi connectivity index (χ1n) is 11.0. The van der Waals surface area contributed by atoms with E-state index in [1.165, 1.54) is 5.01 Å². The first-order chi connectivity index (χ1) is 14.8. The third kappa shape index (κ3) is 4.58. The summed E-state index contributed by atoms with van der Waals surface area (Å²) in [6.07, 6.45) is 3.76. The van der Waals surface area contributed by atoms with E-state index in [-0.39, 0.29) is 11.5 Å². The normalized spacial score (nSPS) is 15.5. The van der Waals surface area contributed by atoms with Crippen molar-refractivity contribution in [3.8, 4) is 0 Å². The maximum Gasteiger partial charge on any atom is 0.349 e. The minimum absolute atomic E-state index is 0.0899. The first kappa shape index (κ1) is 22.8. The Morgan fingerprint density at radius 3 is 2.39 bits per heavy atom. The summed E-state index contributed by atoms with van der Waals surface area (Å²) in [5, 5.41) is 4.92. The summed E-state index contributed by atoms with van der Waals surface area (Å²) in [6.45, 7) is 5.80. The van der Waals surface area contributed by atoms with Gasteiger partial charge in [-0.15, -0.1) is 0 Å². The lowest BCUT2D eigenvalue weighted by Crippen LogP contribution is -2.62. The molecule has 0 unspecified atom stereocenters. The van der Waals surface area contributed by atoms with Gasteiger partial charge in [0.2, 0.25) is 0 Å². The standard InChI is InChI=1S/C23H32N4O4/c1-5-27(6-2)17-11-10-16-14-18(21(29)31-19(16)15-17)20(28)25-23(12-8-7-9-13-23)22(30)26(4)24-3/h10-11,14-15,24H,5-9,12-13H2,1-4H3,(H,25,28). The highest BCUT2D eigenvalue weighted by Gasteiger charge is 2.43. The van der Waals surface area contributed by atoms with Gasteiger partial charge >= 0.3 is 5.63 Å². The van der Waals surface area contributed by atoms with Gasteiger partial charge in [0, 0.05) is 44.3 Å². The molecule has 0 saturated heterocycles. The van der Waals surface area contributed by atoms with E-state index in [1.807, 2.05) is 18.2 Å². The van der Waals surface area contributed by atoms with E-state index < -0.39 is 17.1 Å². The van der Waals surface area contributed by atoms with E-state index in [1.54, 1.807) is 20.2 Å². The van der Waals surface area contributed by atoms with Crippen molar-refractivity contribution >= 4 is 28.5 Å². The maximum absolute atomic E-state index is 13.1. The van der Waals surface area contributed by atoms with Crippen molar-refractivity contribution in [1.29, 1.82) is 0 Å². The second kappa shape index (κ2) is 9.51. The van der Waals surface area contributed by atoms with Crippen molar-refractivity contribution in [1.82, 2.24) is 15.8 Å². The number of nitrogens with one attached hydrogen (secondary N) is 2. The average Bonchev–Trinajstić information content (AvgIpc) is 2.78. The van der Waals surface area contributed by atoms with Crippen molar-refractivity contribution in [3.63, 3.8) is 0 Å². The number of rotatable bonds is 7. The lowest BCUT2D eigenvalue weighted by Gasteiger charge is -2.38. The number of carbonyl (C=O) groups is 2. The fourth-order valence-electron chi connectivity index (χ4n) is 4.30. The fourth-order valence-corrected chi connectivity index (χ4v) is 4.30. The molecule has 168 valence electrons. The Labute approximate surface area is 182 Å². The molecule has 0 atom stereocenters. The lowest BCUT2D eigenvalue weighted by atomic mass is 9.80. The lowest BCUT2D eigenvalue weighted by molar-refractivity contribution is -0.140. The molecule has 0 radical (unpaired) electrons. The topological polar surface area (TPSA) is 94.9 Å². The van der Waals surface area contributed by atoms with Crippen molar-refractivity contribution in [3.05, 3.63) is 40.2 Å². The second-order valence-corrected chi connectivity index (χ2v) is 8.03. The van der Waals surface area contributed by atoms with E-state index in [0.717, 1.165) is 38.0 Å². The first-order valence-corrected chi connectivity index (χ1v) is 11.0. The Morgan fingerprint density at radius 1 is 1.10 bits per heavy atom. The van der Waals surface area contributed by atoms with E-state index in [0.29, 0.717) is 23.8 Å². The molecule has 2 aromatic rings. The van der Waals surface area contributed by atoms with Crippen LogP contribution in [0, 0.1) is 0 Å². The van der Waals surface area contributed by atoms with Crippen LogP contribution in [0.25, 0.3) is 11.0 Å². The summed E-state index contributed by atoms with van der Waals surface area (Å²) >= 11 is 0. The number of anilines is 1. The molecule has 1 fully saturated rings. The highest BCUT2D eigenvalue weighted by Crippen LogP contribution is 2.30. The molecule has 31 heavy (non-hydrogen) atoms. The molecular formula is C23H32N4O4. The number of carbonyl (C=O) groups excluding carboxylic acids is 2. The largest absolute Gasteiger partial charge is 0.422 e. The Morgan fingerprint density at radius 2 is 1.77 bits per heavy atom. The van der Waals surface area contributed by atoms with Gasteiger partial charge in [0.1, 0.15) is 16.7 Å². The predicted octanol–water partition coefficient (Wildman–Crippen LogP) is 2.66. The maximum atomic E-state index is 13.1. The molecule has 1 aromatic heterocycles. The Balaban J connectivity index is 1.93. The Kier molecular flexibility index (Phi) is 7.00. The zero-order valence-electron chi connectivity index (χ0n) is 18.8. The van der Waals surface area contributed by atoms with E-state index >= 15 is 0 Å².